The molecule has 0 unspecified atom stereocenters. The van der Waals surface area contributed by atoms with E-state index in [1.165, 1.54) is 11.3 Å². The summed E-state index contributed by atoms with van der Waals surface area (Å²) < 4.78 is 0. The largest absolute Gasteiger partial charge is 0.299 e. The van der Waals surface area contributed by atoms with Crippen LogP contribution in [0.5, 0.6) is 0 Å². The number of hydrogen-bond acceptors (Lipinski definition) is 4. The number of ketones is 2. The number of Topliss-reactive ketones (excluding diaryl/α,β-unsaturated/α-hetero) is 2. The Balaban J connectivity index is 1.98. The zero-order chi connectivity index (χ0) is 10.1. The third kappa shape index (κ3) is 2.07. The van der Waals surface area contributed by atoms with Crippen LogP contribution >= 0.6 is 11.3 Å². The lowest BCUT2D eigenvalue weighted by Gasteiger charge is -1.94. The number of aryl methyl sites for hydroxylation is 1. The molecule has 2 rings (SSSR count). The Morgan fingerprint density at radius 3 is 2.79 bits per heavy atom. The lowest BCUT2D eigenvalue weighted by Crippen LogP contribution is -2.09. The first-order valence-electron chi connectivity index (χ1n) is 4.65. The predicted octanol–water partition coefficient (Wildman–Crippen LogP) is 2.00. The highest BCUT2D eigenvalue weighted by atomic mass is 32.1. The van der Waals surface area contributed by atoms with E-state index in [9.17, 15) is 9.59 Å². The summed E-state index contributed by atoms with van der Waals surface area (Å²) in [7, 11) is 0. The van der Waals surface area contributed by atoms with Crippen LogP contribution in [0.4, 0.5) is 0 Å². The maximum absolute atomic E-state index is 11.5. The normalized spacial score (nSPS) is 15.5. The molecule has 1 aliphatic rings. The van der Waals surface area contributed by atoms with Crippen molar-refractivity contribution in [3.05, 3.63) is 16.1 Å². The molecule has 0 amide bonds. The molecule has 0 bridgehead atoms. The van der Waals surface area contributed by atoms with Crippen molar-refractivity contribution in [2.75, 3.05) is 0 Å². The van der Waals surface area contributed by atoms with Crippen LogP contribution in [0.25, 0.3) is 0 Å². The minimum Gasteiger partial charge on any atom is -0.299 e. The fourth-order valence-corrected chi connectivity index (χ4v) is 2.00. The maximum atomic E-state index is 11.5. The number of carbonyl (C=O) groups excluding carboxylic acids is 2. The van der Waals surface area contributed by atoms with Crippen LogP contribution in [0.1, 0.15) is 34.8 Å². The zero-order valence-electron chi connectivity index (χ0n) is 7.95. The van der Waals surface area contributed by atoms with Crippen molar-refractivity contribution in [2.45, 2.75) is 26.2 Å². The van der Waals surface area contributed by atoms with Gasteiger partial charge >= 0.3 is 0 Å². The van der Waals surface area contributed by atoms with E-state index in [0.717, 1.165) is 18.5 Å². The van der Waals surface area contributed by atoms with Gasteiger partial charge in [-0.2, -0.15) is 0 Å². The van der Waals surface area contributed by atoms with Crippen LogP contribution in [0.15, 0.2) is 5.38 Å². The summed E-state index contributed by atoms with van der Waals surface area (Å²) in [4.78, 5) is 26.9. The smallest absolute Gasteiger partial charge is 0.198 e. The summed E-state index contributed by atoms with van der Waals surface area (Å²) in [6, 6.07) is 0. The number of rotatable bonds is 4. The van der Waals surface area contributed by atoms with Crippen molar-refractivity contribution in [2.24, 2.45) is 5.92 Å². The maximum Gasteiger partial charge on any atom is 0.198 e. The summed E-state index contributed by atoms with van der Waals surface area (Å²) in [5, 5.41) is 2.30. The SMILES string of the molecule is Cc1csc(C(=O)CC(=O)C2CC2)n1. The molecule has 3 nitrogen and oxygen atoms in total. The van der Waals surface area contributed by atoms with E-state index in [4.69, 9.17) is 0 Å². The molecule has 1 fully saturated rings. The molecule has 4 heteroatoms. The van der Waals surface area contributed by atoms with Crippen molar-refractivity contribution in [1.29, 1.82) is 0 Å². The number of aromatic nitrogens is 1. The van der Waals surface area contributed by atoms with Crippen molar-refractivity contribution < 1.29 is 9.59 Å². The summed E-state index contributed by atoms with van der Waals surface area (Å²) in [5.41, 5.74) is 0.845. The third-order valence-electron chi connectivity index (χ3n) is 2.23. The topological polar surface area (TPSA) is 47.0 Å². The van der Waals surface area contributed by atoms with Crippen molar-refractivity contribution in [1.82, 2.24) is 4.98 Å². The van der Waals surface area contributed by atoms with E-state index >= 15 is 0 Å². The Hall–Kier alpha value is -1.03. The van der Waals surface area contributed by atoms with Crippen LogP contribution < -0.4 is 0 Å². The molecule has 1 saturated carbocycles. The molecule has 1 heterocycles. The van der Waals surface area contributed by atoms with Gasteiger partial charge in [0.05, 0.1) is 6.42 Å². The Morgan fingerprint density at radius 2 is 2.29 bits per heavy atom. The van der Waals surface area contributed by atoms with Crippen LogP contribution in [0, 0.1) is 12.8 Å². The second-order valence-corrected chi connectivity index (χ2v) is 4.49. The summed E-state index contributed by atoms with van der Waals surface area (Å²) in [6.45, 7) is 1.84. The minimum absolute atomic E-state index is 0.0393. The molecular formula is C10H11NO2S. The molecule has 0 radical (unpaired) electrons. The first-order valence-corrected chi connectivity index (χ1v) is 5.53. The Bertz CT molecular complexity index is 379. The van der Waals surface area contributed by atoms with E-state index in [1.807, 2.05) is 12.3 Å². The van der Waals surface area contributed by atoms with Gasteiger partial charge in [0.25, 0.3) is 0 Å². The van der Waals surface area contributed by atoms with Gasteiger partial charge in [-0.3, -0.25) is 9.59 Å². The zero-order valence-corrected chi connectivity index (χ0v) is 8.76. The fourth-order valence-electron chi connectivity index (χ4n) is 1.27. The molecule has 14 heavy (non-hydrogen) atoms. The number of carbonyl (C=O) groups is 2. The van der Waals surface area contributed by atoms with Crippen LogP contribution in [0.3, 0.4) is 0 Å². The Kier molecular flexibility index (Phi) is 2.46. The average molecular weight is 209 g/mol. The van der Waals surface area contributed by atoms with Crippen LogP contribution in [-0.2, 0) is 4.79 Å². The standard InChI is InChI=1S/C10H11NO2S/c1-6-5-14-10(11-6)9(13)4-8(12)7-2-3-7/h5,7H,2-4H2,1H3. The fraction of sp³-hybridized carbons (Fsp3) is 0.500. The van der Waals surface area contributed by atoms with Gasteiger partial charge in [0, 0.05) is 17.0 Å². The lowest BCUT2D eigenvalue weighted by molar-refractivity contribution is -0.119. The molecule has 1 aliphatic carbocycles. The molecule has 1 aromatic rings. The van der Waals surface area contributed by atoms with Crippen molar-refractivity contribution in [3.8, 4) is 0 Å². The van der Waals surface area contributed by atoms with Gasteiger partial charge in [-0.25, -0.2) is 4.98 Å². The van der Waals surface area contributed by atoms with E-state index in [2.05, 4.69) is 4.98 Å². The van der Waals surface area contributed by atoms with Crippen molar-refractivity contribution in [3.63, 3.8) is 0 Å². The van der Waals surface area contributed by atoms with Gasteiger partial charge in [0.15, 0.2) is 10.8 Å². The molecular weight excluding hydrogens is 198 g/mol. The van der Waals surface area contributed by atoms with E-state index in [-0.39, 0.29) is 23.9 Å². The summed E-state index contributed by atoms with van der Waals surface area (Å²) in [5.74, 6) is 0.128. The Labute approximate surface area is 86.2 Å². The van der Waals surface area contributed by atoms with Crippen molar-refractivity contribution >= 4 is 22.9 Å². The van der Waals surface area contributed by atoms with Crippen LogP contribution in [0.2, 0.25) is 0 Å². The summed E-state index contributed by atoms with van der Waals surface area (Å²) in [6.07, 6.45) is 1.96. The molecule has 0 atom stereocenters. The van der Waals surface area contributed by atoms with Gasteiger partial charge in [-0.05, 0) is 19.8 Å². The summed E-state index contributed by atoms with van der Waals surface area (Å²) >= 11 is 1.32. The second kappa shape index (κ2) is 3.61. The molecule has 0 N–H and O–H groups in total. The second-order valence-electron chi connectivity index (χ2n) is 3.63. The molecule has 0 aromatic carbocycles. The van der Waals surface area contributed by atoms with Crippen LogP contribution in [-0.4, -0.2) is 16.6 Å². The average Bonchev–Trinajstić information content (AvgIpc) is 2.89. The van der Waals surface area contributed by atoms with Gasteiger partial charge in [-0.15, -0.1) is 11.3 Å². The van der Waals surface area contributed by atoms with E-state index in [0.29, 0.717) is 5.01 Å². The van der Waals surface area contributed by atoms with Gasteiger partial charge in [0.1, 0.15) is 5.78 Å². The van der Waals surface area contributed by atoms with Gasteiger partial charge in [0.2, 0.25) is 0 Å². The highest BCUT2D eigenvalue weighted by Crippen LogP contribution is 2.31. The predicted molar refractivity (Wildman–Crippen MR) is 53.5 cm³/mol. The monoisotopic (exact) mass is 209 g/mol. The molecule has 74 valence electrons. The van der Waals surface area contributed by atoms with E-state index in [1.54, 1.807) is 0 Å². The minimum atomic E-state index is -0.125. The molecule has 0 spiro atoms. The lowest BCUT2D eigenvalue weighted by atomic mass is 10.1. The highest BCUT2D eigenvalue weighted by Gasteiger charge is 2.31. The number of nitrogens with zero attached hydrogens (tertiary/aromatic N) is 1. The molecule has 0 saturated heterocycles. The highest BCUT2D eigenvalue weighted by molar-refractivity contribution is 7.11. The third-order valence-corrected chi connectivity index (χ3v) is 3.23. The molecule has 0 aliphatic heterocycles. The number of thiazole rings is 1. The molecule has 1 aromatic heterocycles. The van der Waals surface area contributed by atoms with Gasteiger partial charge in [-0.1, -0.05) is 0 Å². The quantitative estimate of drug-likeness (QED) is 0.563. The first kappa shape index (κ1) is 9.52. The Morgan fingerprint density at radius 1 is 1.57 bits per heavy atom. The van der Waals surface area contributed by atoms with E-state index < -0.39 is 0 Å². The number of hydrogen-bond donors (Lipinski definition) is 0. The first-order chi connectivity index (χ1) is 6.66. The van der Waals surface area contributed by atoms with Gasteiger partial charge < -0.3 is 0 Å².